The van der Waals surface area contributed by atoms with E-state index in [2.05, 4.69) is 4.98 Å². The molecule has 92 valence electrons. The van der Waals surface area contributed by atoms with E-state index in [1.807, 2.05) is 48.5 Å². The summed E-state index contributed by atoms with van der Waals surface area (Å²) in [6, 6.07) is 15.9. The quantitative estimate of drug-likeness (QED) is 0.508. The first kappa shape index (κ1) is 10.4. The lowest BCUT2D eigenvalue weighted by molar-refractivity contribution is 0.414. The highest BCUT2D eigenvalue weighted by molar-refractivity contribution is 6.06. The molecule has 19 heavy (non-hydrogen) atoms. The fourth-order valence-electron chi connectivity index (χ4n) is 2.40. The van der Waals surface area contributed by atoms with Crippen molar-refractivity contribution in [3.05, 3.63) is 48.5 Å². The number of rotatable bonds is 1. The second-order valence-corrected chi connectivity index (χ2v) is 4.49. The van der Waals surface area contributed by atoms with Crippen LogP contribution < -0.4 is 4.74 Å². The zero-order chi connectivity index (χ0) is 12.8. The number of pyridine rings is 1. The van der Waals surface area contributed by atoms with Crippen molar-refractivity contribution in [1.29, 1.82) is 0 Å². The molecular formula is C16H11NO2. The second-order valence-electron chi connectivity index (χ2n) is 4.49. The van der Waals surface area contributed by atoms with Crippen LogP contribution in [0.3, 0.4) is 0 Å². The van der Waals surface area contributed by atoms with E-state index >= 15 is 0 Å². The van der Waals surface area contributed by atoms with E-state index in [1.165, 1.54) is 0 Å². The van der Waals surface area contributed by atoms with Gasteiger partial charge >= 0.3 is 0 Å². The number of furan rings is 1. The first-order valence-corrected chi connectivity index (χ1v) is 6.11. The van der Waals surface area contributed by atoms with E-state index in [9.17, 15) is 0 Å². The lowest BCUT2D eigenvalue weighted by Crippen LogP contribution is -1.81. The molecule has 2 aromatic heterocycles. The van der Waals surface area contributed by atoms with Crippen molar-refractivity contribution in [2.45, 2.75) is 0 Å². The molecule has 0 bridgehead atoms. The molecule has 3 heteroatoms. The number of para-hydroxylation sites is 1. The van der Waals surface area contributed by atoms with Gasteiger partial charge < -0.3 is 9.15 Å². The Morgan fingerprint density at radius 3 is 2.79 bits per heavy atom. The predicted molar refractivity (Wildman–Crippen MR) is 75.6 cm³/mol. The van der Waals surface area contributed by atoms with E-state index in [0.29, 0.717) is 0 Å². The molecule has 0 aliphatic carbocycles. The number of benzene rings is 2. The van der Waals surface area contributed by atoms with Crippen LogP contribution in [0.25, 0.3) is 33.0 Å². The molecule has 3 nitrogen and oxygen atoms in total. The van der Waals surface area contributed by atoms with Crippen molar-refractivity contribution in [2.24, 2.45) is 0 Å². The normalized spacial score (nSPS) is 11.4. The second kappa shape index (κ2) is 3.72. The summed E-state index contributed by atoms with van der Waals surface area (Å²) in [5, 5.41) is 2.10. The molecule has 4 rings (SSSR count). The molecule has 2 aromatic carbocycles. The molecule has 4 aromatic rings. The number of aromatic nitrogens is 1. The average Bonchev–Trinajstić information content (AvgIpc) is 2.81. The van der Waals surface area contributed by atoms with Gasteiger partial charge in [-0.25, -0.2) is 4.98 Å². The van der Waals surface area contributed by atoms with E-state index < -0.39 is 0 Å². The van der Waals surface area contributed by atoms with Crippen LogP contribution in [-0.4, -0.2) is 12.1 Å². The van der Waals surface area contributed by atoms with Gasteiger partial charge in [-0.2, -0.15) is 0 Å². The standard InChI is InChI=1S/C16H11NO2/c1-18-11-6-7-12-14(9-11)19-15-8-10-4-2-3-5-13(10)17-16(12)15/h2-9H,1H3. The van der Waals surface area contributed by atoms with Gasteiger partial charge in [0.25, 0.3) is 0 Å². The Balaban J connectivity index is 2.15. The van der Waals surface area contributed by atoms with Crippen molar-refractivity contribution in [3.8, 4) is 5.75 Å². The molecule has 0 saturated heterocycles. The van der Waals surface area contributed by atoms with Crippen LogP contribution in [0.4, 0.5) is 0 Å². The Morgan fingerprint density at radius 1 is 1.00 bits per heavy atom. The maximum Gasteiger partial charge on any atom is 0.154 e. The number of ether oxygens (including phenoxy) is 1. The average molecular weight is 249 g/mol. The summed E-state index contributed by atoms with van der Waals surface area (Å²) >= 11 is 0. The van der Waals surface area contributed by atoms with Crippen molar-refractivity contribution in [3.63, 3.8) is 0 Å². The first-order valence-electron chi connectivity index (χ1n) is 6.11. The maximum atomic E-state index is 5.86. The topological polar surface area (TPSA) is 35.3 Å². The molecule has 0 atom stereocenters. The van der Waals surface area contributed by atoms with Gasteiger partial charge in [-0.1, -0.05) is 18.2 Å². The van der Waals surface area contributed by atoms with Gasteiger partial charge in [0.1, 0.15) is 16.8 Å². The fourth-order valence-corrected chi connectivity index (χ4v) is 2.40. The van der Waals surface area contributed by atoms with Crippen LogP contribution in [0.1, 0.15) is 0 Å². The van der Waals surface area contributed by atoms with Gasteiger partial charge in [-0.05, 0) is 24.3 Å². The highest BCUT2D eigenvalue weighted by Gasteiger charge is 2.10. The highest BCUT2D eigenvalue weighted by atomic mass is 16.5. The molecular weight excluding hydrogens is 238 g/mol. The van der Waals surface area contributed by atoms with Crippen molar-refractivity contribution < 1.29 is 9.15 Å². The number of nitrogens with zero attached hydrogens (tertiary/aromatic N) is 1. The zero-order valence-electron chi connectivity index (χ0n) is 10.4. The van der Waals surface area contributed by atoms with Gasteiger partial charge in [-0.3, -0.25) is 0 Å². The number of hydrogen-bond acceptors (Lipinski definition) is 3. The van der Waals surface area contributed by atoms with E-state index in [1.54, 1.807) is 7.11 Å². The van der Waals surface area contributed by atoms with Gasteiger partial charge in [0.15, 0.2) is 5.58 Å². The van der Waals surface area contributed by atoms with Crippen molar-refractivity contribution >= 4 is 33.0 Å². The summed E-state index contributed by atoms with van der Waals surface area (Å²) in [6.07, 6.45) is 0. The van der Waals surface area contributed by atoms with Crippen LogP contribution in [0.2, 0.25) is 0 Å². The zero-order valence-corrected chi connectivity index (χ0v) is 10.4. The first-order chi connectivity index (χ1) is 9.35. The predicted octanol–water partition coefficient (Wildman–Crippen LogP) is 4.14. The smallest absolute Gasteiger partial charge is 0.154 e. The Morgan fingerprint density at radius 2 is 1.89 bits per heavy atom. The van der Waals surface area contributed by atoms with Gasteiger partial charge in [0, 0.05) is 16.8 Å². The monoisotopic (exact) mass is 249 g/mol. The molecule has 0 aliphatic heterocycles. The molecule has 0 fully saturated rings. The van der Waals surface area contributed by atoms with Crippen LogP contribution in [0, 0.1) is 0 Å². The third-order valence-electron chi connectivity index (χ3n) is 3.35. The molecule has 0 unspecified atom stereocenters. The Hall–Kier alpha value is -2.55. The molecule has 0 amide bonds. The van der Waals surface area contributed by atoms with E-state index in [-0.39, 0.29) is 0 Å². The SMILES string of the molecule is COc1ccc2c(c1)oc1cc3ccccc3nc12. The number of fused-ring (bicyclic) bond motifs is 4. The van der Waals surface area contributed by atoms with Gasteiger partial charge in [0.05, 0.1) is 12.6 Å². The summed E-state index contributed by atoms with van der Waals surface area (Å²) in [6.45, 7) is 0. The summed E-state index contributed by atoms with van der Waals surface area (Å²) in [5.74, 6) is 0.788. The molecule has 0 aliphatic rings. The fraction of sp³-hybridized carbons (Fsp3) is 0.0625. The third-order valence-corrected chi connectivity index (χ3v) is 3.35. The van der Waals surface area contributed by atoms with Gasteiger partial charge in [0.2, 0.25) is 0 Å². The van der Waals surface area contributed by atoms with Crippen LogP contribution in [-0.2, 0) is 0 Å². The summed E-state index contributed by atoms with van der Waals surface area (Å²) in [5.41, 5.74) is 3.49. The van der Waals surface area contributed by atoms with Crippen molar-refractivity contribution in [1.82, 2.24) is 4.98 Å². The van der Waals surface area contributed by atoms with E-state index in [0.717, 1.165) is 38.7 Å². The maximum absolute atomic E-state index is 5.86. The Kier molecular flexibility index (Phi) is 2.03. The van der Waals surface area contributed by atoms with Gasteiger partial charge in [-0.15, -0.1) is 0 Å². The Labute approximate surface area is 109 Å². The minimum absolute atomic E-state index is 0.788. The van der Waals surface area contributed by atoms with Crippen molar-refractivity contribution in [2.75, 3.05) is 7.11 Å². The highest BCUT2D eigenvalue weighted by Crippen LogP contribution is 2.31. The molecule has 2 heterocycles. The molecule has 0 N–H and O–H groups in total. The Bertz CT molecular complexity index is 908. The lowest BCUT2D eigenvalue weighted by atomic mass is 10.2. The molecule has 0 saturated carbocycles. The summed E-state index contributed by atoms with van der Waals surface area (Å²) in [4.78, 5) is 4.69. The third kappa shape index (κ3) is 1.48. The number of methoxy groups -OCH3 is 1. The summed E-state index contributed by atoms with van der Waals surface area (Å²) < 4.78 is 11.1. The molecule has 0 radical (unpaired) electrons. The van der Waals surface area contributed by atoms with Crippen LogP contribution in [0.5, 0.6) is 5.75 Å². The molecule has 0 spiro atoms. The van der Waals surface area contributed by atoms with Crippen LogP contribution in [0.15, 0.2) is 52.9 Å². The van der Waals surface area contributed by atoms with Crippen LogP contribution >= 0.6 is 0 Å². The minimum Gasteiger partial charge on any atom is -0.497 e. The minimum atomic E-state index is 0.788. The van der Waals surface area contributed by atoms with E-state index in [4.69, 9.17) is 9.15 Å². The summed E-state index contributed by atoms with van der Waals surface area (Å²) in [7, 11) is 1.65. The number of hydrogen-bond donors (Lipinski definition) is 0. The largest absolute Gasteiger partial charge is 0.497 e. The lowest BCUT2D eigenvalue weighted by Gasteiger charge is -1.97.